The Morgan fingerprint density at radius 2 is 2.29 bits per heavy atom. The van der Waals surface area contributed by atoms with Crippen LogP contribution in [0.25, 0.3) is 5.76 Å². The van der Waals surface area contributed by atoms with E-state index in [4.69, 9.17) is 4.74 Å². The van der Waals surface area contributed by atoms with E-state index in [1.807, 2.05) is 0 Å². The number of rotatable bonds is 3. The van der Waals surface area contributed by atoms with E-state index >= 15 is 0 Å². The fourth-order valence-corrected chi connectivity index (χ4v) is 0.858. The Morgan fingerprint density at radius 3 is 2.86 bits per heavy atom. The first-order valence-corrected chi connectivity index (χ1v) is 3.91. The van der Waals surface area contributed by atoms with Crippen molar-refractivity contribution >= 4 is 11.5 Å². The minimum Gasteiger partial charge on any atom is -0.506 e. The molecule has 0 saturated heterocycles. The first kappa shape index (κ1) is 10.2. The molecule has 0 saturated carbocycles. The molecule has 14 heavy (non-hydrogen) atoms. The first-order chi connectivity index (χ1) is 6.63. The molecule has 1 rings (SSSR count). The molecule has 0 radical (unpaired) electrons. The molecule has 1 aromatic rings. The average molecular weight is 194 g/mol. The predicted octanol–water partition coefficient (Wildman–Crippen LogP) is 0.973. The highest BCUT2D eigenvalue weighted by Gasteiger charge is 2.03. The highest BCUT2D eigenvalue weighted by atomic mass is 16.5. The van der Waals surface area contributed by atoms with Crippen molar-refractivity contribution in [3.63, 3.8) is 0 Å². The van der Waals surface area contributed by atoms with Crippen molar-refractivity contribution in [2.75, 3.05) is 7.11 Å². The average Bonchev–Trinajstić information content (AvgIpc) is 2.17. The Hall–Kier alpha value is -1.91. The molecule has 0 aliphatic carbocycles. The summed E-state index contributed by atoms with van der Waals surface area (Å²) in [6.45, 7) is 1.34. The van der Waals surface area contributed by atoms with Gasteiger partial charge in [-0.05, 0) is 6.92 Å². The Labute approximate surface area is 81.1 Å². The molecule has 5 nitrogen and oxygen atoms in total. The number of nitrogens with zero attached hydrogens (tertiary/aromatic N) is 2. The number of hydrogen-bond acceptors (Lipinski definition) is 5. The molecule has 0 fully saturated rings. The minimum absolute atomic E-state index is 0.196. The fraction of sp³-hybridized carbons (Fsp3) is 0.222. The van der Waals surface area contributed by atoms with Gasteiger partial charge in [-0.1, -0.05) is 0 Å². The summed E-state index contributed by atoms with van der Waals surface area (Å²) in [5, 5.41) is 9.41. The number of aliphatic hydroxyl groups excluding tert-OH is 1. The van der Waals surface area contributed by atoms with Crippen LogP contribution in [-0.2, 0) is 4.79 Å². The summed E-state index contributed by atoms with van der Waals surface area (Å²) in [5.41, 5.74) is 0.257. The Balaban J connectivity index is 3.01. The van der Waals surface area contributed by atoms with Gasteiger partial charge < -0.3 is 9.84 Å². The van der Waals surface area contributed by atoms with E-state index in [9.17, 15) is 9.90 Å². The quantitative estimate of drug-likeness (QED) is 0.573. The van der Waals surface area contributed by atoms with Crippen molar-refractivity contribution in [2.45, 2.75) is 6.92 Å². The van der Waals surface area contributed by atoms with Gasteiger partial charge in [0.15, 0.2) is 5.78 Å². The van der Waals surface area contributed by atoms with Crippen molar-refractivity contribution in [1.82, 2.24) is 9.97 Å². The van der Waals surface area contributed by atoms with Crippen LogP contribution in [0.1, 0.15) is 12.6 Å². The second-order valence-corrected chi connectivity index (χ2v) is 2.59. The molecule has 0 unspecified atom stereocenters. The molecule has 0 atom stereocenters. The van der Waals surface area contributed by atoms with Gasteiger partial charge in [-0.3, -0.25) is 4.79 Å². The topological polar surface area (TPSA) is 72.3 Å². The third-order valence-corrected chi connectivity index (χ3v) is 1.45. The van der Waals surface area contributed by atoms with E-state index in [-0.39, 0.29) is 17.2 Å². The Morgan fingerprint density at radius 1 is 1.57 bits per heavy atom. The van der Waals surface area contributed by atoms with Gasteiger partial charge in [0.25, 0.3) is 0 Å². The number of allylic oxidation sites excluding steroid dienone is 1. The van der Waals surface area contributed by atoms with Crippen LogP contribution < -0.4 is 4.74 Å². The highest BCUT2D eigenvalue weighted by molar-refractivity contribution is 5.93. The highest BCUT2D eigenvalue weighted by Crippen LogP contribution is 2.12. The molecule has 0 amide bonds. The SMILES string of the molecule is COc1cc(C(O)=CC(C)=O)ncn1. The van der Waals surface area contributed by atoms with E-state index in [0.29, 0.717) is 5.88 Å². The van der Waals surface area contributed by atoms with Gasteiger partial charge in [0, 0.05) is 12.1 Å². The van der Waals surface area contributed by atoms with Gasteiger partial charge in [-0.2, -0.15) is 0 Å². The lowest BCUT2D eigenvalue weighted by Gasteiger charge is -2.00. The van der Waals surface area contributed by atoms with Crippen LogP contribution in [0.15, 0.2) is 18.5 Å². The summed E-state index contributed by atoms with van der Waals surface area (Å²) < 4.78 is 4.84. The zero-order chi connectivity index (χ0) is 10.6. The van der Waals surface area contributed by atoms with Crippen molar-refractivity contribution in [3.8, 4) is 5.88 Å². The second-order valence-electron chi connectivity index (χ2n) is 2.59. The summed E-state index contributed by atoms with van der Waals surface area (Å²) in [5.74, 6) is -0.114. The van der Waals surface area contributed by atoms with Gasteiger partial charge >= 0.3 is 0 Å². The molecular formula is C9H10N2O3. The molecule has 1 heterocycles. The molecule has 0 aromatic carbocycles. The third kappa shape index (κ3) is 2.55. The van der Waals surface area contributed by atoms with Crippen LogP contribution in [0.4, 0.5) is 0 Å². The third-order valence-electron chi connectivity index (χ3n) is 1.45. The molecule has 5 heteroatoms. The van der Waals surface area contributed by atoms with Gasteiger partial charge in [0.2, 0.25) is 5.88 Å². The van der Waals surface area contributed by atoms with Crippen molar-refractivity contribution < 1.29 is 14.6 Å². The Kier molecular flexibility index (Phi) is 3.17. The summed E-state index contributed by atoms with van der Waals surface area (Å²) in [6.07, 6.45) is 2.33. The largest absolute Gasteiger partial charge is 0.506 e. The van der Waals surface area contributed by atoms with Crippen LogP contribution in [0.5, 0.6) is 5.88 Å². The molecule has 0 spiro atoms. The van der Waals surface area contributed by atoms with E-state index in [0.717, 1.165) is 6.08 Å². The molecule has 0 aliphatic heterocycles. The van der Waals surface area contributed by atoms with Crippen LogP contribution in [-0.4, -0.2) is 28.0 Å². The smallest absolute Gasteiger partial charge is 0.216 e. The number of carbonyl (C=O) groups excluding carboxylic acids is 1. The van der Waals surface area contributed by atoms with Crippen molar-refractivity contribution in [1.29, 1.82) is 0 Å². The zero-order valence-corrected chi connectivity index (χ0v) is 7.89. The van der Waals surface area contributed by atoms with Crippen LogP contribution in [0, 0.1) is 0 Å². The first-order valence-electron chi connectivity index (χ1n) is 3.91. The maximum Gasteiger partial charge on any atom is 0.216 e. The molecular weight excluding hydrogens is 184 g/mol. The van der Waals surface area contributed by atoms with E-state index in [1.54, 1.807) is 0 Å². The number of hydrogen-bond donors (Lipinski definition) is 1. The maximum atomic E-state index is 10.7. The maximum absolute atomic E-state index is 10.7. The van der Waals surface area contributed by atoms with E-state index in [2.05, 4.69) is 9.97 Å². The van der Waals surface area contributed by atoms with Crippen LogP contribution in [0.3, 0.4) is 0 Å². The monoisotopic (exact) mass is 194 g/mol. The normalized spacial score (nSPS) is 11.1. The molecule has 1 N–H and O–H groups in total. The lowest BCUT2D eigenvalue weighted by atomic mass is 10.3. The molecule has 1 aromatic heterocycles. The lowest BCUT2D eigenvalue weighted by molar-refractivity contribution is -0.112. The number of methoxy groups -OCH3 is 1. The van der Waals surface area contributed by atoms with E-state index < -0.39 is 0 Å². The van der Waals surface area contributed by atoms with Crippen molar-refractivity contribution in [2.24, 2.45) is 0 Å². The number of ether oxygens (including phenoxy) is 1. The fourth-order valence-electron chi connectivity index (χ4n) is 0.858. The number of aromatic nitrogens is 2. The molecule has 0 bridgehead atoms. The molecule has 0 aliphatic rings. The van der Waals surface area contributed by atoms with Crippen LogP contribution >= 0.6 is 0 Å². The number of aliphatic hydroxyl groups is 1. The standard InChI is InChI=1S/C9H10N2O3/c1-6(12)3-8(13)7-4-9(14-2)11-5-10-7/h3-5,13H,1-2H3. The molecule has 74 valence electrons. The van der Waals surface area contributed by atoms with Gasteiger partial charge in [0.05, 0.1) is 7.11 Å². The van der Waals surface area contributed by atoms with Crippen molar-refractivity contribution in [3.05, 3.63) is 24.2 Å². The Bertz CT molecular complexity index is 374. The zero-order valence-electron chi connectivity index (χ0n) is 7.89. The van der Waals surface area contributed by atoms with Gasteiger partial charge in [0.1, 0.15) is 17.8 Å². The number of carbonyl (C=O) groups is 1. The van der Waals surface area contributed by atoms with Crippen LogP contribution in [0.2, 0.25) is 0 Å². The van der Waals surface area contributed by atoms with Gasteiger partial charge in [-0.15, -0.1) is 0 Å². The summed E-state index contributed by atoms with van der Waals surface area (Å²) in [4.78, 5) is 18.2. The minimum atomic E-state index is -0.250. The number of ketones is 1. The van der Waals surface area contributed by atoms with E-state index in [1.165, 1.54) is 26.4 Å². The lowest BCUT2D eigenvalue weighted by Crippen LogP contribution is -1.95. The summed E-state index contributed by atoms with van der Waals surface area (Å²) in [7, 11) is 1.46. The second kappa shape index (κ2) is 4.36. The summed E-state index contributed by atoms with van der Waals surface area (Å²) >= 11 is 0. The predicted molar refractivity (Wildman–Crippen MR) is 49.9 cm³/mol. The van der Waals surface area contributed by atoms with Gasteiger partial charge in [-0.25, -0.2) is 9.97 Å². The summed E-state index contributed by atoms with van der Waals surface area (Å²) in [6, 6.07) is 1.44.